The van der Waals surface area contributed by atoms with E-state index in [2.05, 4.69) is 10.4 Å². The van der Waals surface area contributed by atoms with Crippen molar-refractivity contribution in [3.63, 3.8) is 0 Å². The number of hydrogen-bond donors (Lipinski definition) is 1. The lowest BCUT2D eigenvalue weighted by Gasteiger charge is -2.17. The second kappa shape index (κ2) is 7.48. The molecule has 1 aromatic carbocycles. The van der Waals surface area contributed by atoms with E-state index in [1.807, 2.05) is 18.2 Å². The maximum Gasteiger partial charge on any atom is 0.258 e. The fourth-order valence-corrected chi connectivity index (χ4v) is 2.65. The molecule has 6 nitrogen and oxygen atoms in total. The molecule has 2 aromatic rings. The number of nitrogens with one attached hydrogen (secondary N) is 1. The molecule has 0 aliphatic heterocycles. The predicted molar refractivity (Wildman–Crippen MR) is 88.0 cm³/mol. The van der Waals surface area contributed by atoms with Gasteiger partial charge in [0.2, 0.25) is 5.88 Å². The number of ether oxygens (including phenoxy) is 2. The van der Waals surface area contributed by atoms with Crippen LogP contribution in [0.2, 0.25) is 5.02 Å². The Morgan fingerprint density at radius 1 is 1.43 bits per heavy atom. The molecule has 0 fully saturated rings. The standard InChI is InChI=1S/C16H20ClN3O3/c1-10-14(16(23-4)20(2)19-10)15(21)18-9-13(22-3)11-6-5-7-12(17)8-11/h5-8,13H,9H2,1-4H3,(H,18,21). The van der Waals surface area contributed by atoms with Crippen molar-refractivity contribution >= 4 is 17.5 Å². The van der Waals surface area contributed by atoms with E-state index in [1.165, 1.54) is 11.8 Å². The maximum atomic E-state index is 12.5. The molecule has 1 heterocycles. The Balaban J connectivity index is 2.12. The first-order chi connectivity index (χ1) is 11.0. The zero-order chi connectivity index (χ0) is 17.0. The topological polar surface area (TPSA) is 65.4 Å². The summed E-state index contributed by atoms with van der Waals surface area (Å²) in [7, 11) is 4.83. The maximum absolute atomic E-state index is 12.5. The van der Waals surface area contributed by atoms with Crippen LogP contribution in [-0.2, 0) is 11.8 Å². The number of hydrogen-bond acceptors (Lipinski definition) is 4. The third-order valence-electron chi connectivity index (χ3n) is 3.54. The summed E-state index contributed by atoms with van der Waals surface area (Å²) in [6.07, 6.45) is -0.291. The fourth-order valence-electron chi connectivity index (χ4n) is 2.45. The average molecular weight is 338 g/mol. The van der Waals surface area contributed by atoms with Gasteiger partial charge in [-0.15, -0.1) is 0 Å². The molecule has 7 heteroatoms. The third kappa shape index (κ3) is 3.83. The predicted octanol–water partition coefficient (Wildman–Crippen LogP) is 2.51. The van der Waals surface area contributed by atoms with Crippen molar-refractivity contribution in [1.29, 1.82) is 0 Å². The smallest absolute Gasteiger partial charge is 0.258 e. The van der Waals surface area contributed by atoms with E-state index in [0.717, 1.165) is 5.56 Å². The minimum atomic E-state index is -0.291. The molecule has 0 radical (unpaired) electrons. The molecule has 1 aromatic heterocycles. The SMILES string of the molecule is COc1c(C(=O)NCC(OC)c2cccc(Cl)c2)c(C)nn1C. The number of nitrogens with zero attached hydrogens (tertiary/aromatic N) is 2. The quantitative estimate of drug-likeness (QED) is 0.879. The molecular formula is C16H20ClN3O3. The average Bonchev–Trinajstić information content (AvgIpc) is 2.81. The van der Waals surface area contributed by atoms with E-state index in [1.54, 1.807) is 27.1 Å². The molecular weight excluding hydrogens is 318 g/mol. The highest BCUT2D eigenvalue weighted by Gasteiger charge is 2.22. The zero-order valence-corrected chi connectivity index (χ0v) is 14.3. The third-order valence-corrected chi connectivity index (χ3v) is 3.78. The van der Waals surface area contributed by atoms with E-state index in [0.29, 0.717) is 28.7 Å². The number of carbonyl (C=O) groups excluding carboxylic acids is 1. The molecule has 23 heavy (non-hydrogen) atoms. The zero-order valence-electron chi connectivity index (χ0n) is 13.6. The first kappa shape index (κ1) is 17.3. The molecule has 0 spiro atoms. The minimum absolute atomic E-state index is 0.253. The Morgan fingerprint density at radius 2 is 2.17 bits per heavy atom. The highest BCUT2D eigenvalue weighted by molar-refractivity contribution is 6.30. The Morgan fingerprint density at radius 3 is 2.78 bits per heavy atom. The van der Waals surface area contributed by atoms with Crippen LogP contribution in [0.5, 0.6) is 5.88 Å². The van der Waals surface area contributed by atoms with Crippen LogP contribution in [0.3, 0.4) is 0 Å². The van der Waals surface area contributed by atoms with Gasteiger partial charge >= 0.3 is 0 Å². The lowest BCUT2D eigenvalue weighted by atomic mass is 10.1. The number of benzene rings is 1. The van der Waals surface area contributed by atoms with Gasteiger partial charge in [0.1, 0.15) is 5.56 Å². The molecule has 0 saturated heterocycles. The van der Waals surface area contributed by atoms with Crippen molar-refractivity contribution in [3.05, 3.63) is 46.1 Å². The van der Waals surface area contributed by atoms with Crippen LogP contribution < -0.4 is 10.1 Å². The molecule has 1 atom stereocenters. The molecule has 1 unspecified atom stereocenters. The summed E-state index contributed by atoms with van der Waals surface area (Å²) in [5, 5.41) is 7.68. The van der Waals surface area contributed by atoms with Gasteiger partial charge in [-0.1, -0.05) is 23.7 Å². The molecule has 1 amide bonds. The van der Waals surface area contributed by atoms with Crippen LogP contribution in [0.25, 0.3) is 0 Å². The van der Waals surface area contributed by atoms with Gasteiger partial charge in [-0.3, -0.25) is 4.79 Å². The number of methoxy groups -OCH3 is 2. The van der Waals surface area contributed by atoms with E-state index in [9.17, 15) is 4.79 Å². The van der Waals surface area contributed by atoms with Crippen LogP contribution in [0.1, 0.15) is 27.7 Å². The van der Waals surface area contributed by atoms with Crippen molar-refractivity contribution in [2.75, 3.05) is 20.8 Å². The number of aryl methyl sites for hydroxylation is 2. The molecule has 2 rings (SSSR count). The van der Waals surface area contributed by atoms with E-state index < -0.39 is 0 Å². The first-order valence-electron chi connectivity index (χ1n) is 7.12. The van der Waals surface area contributed by atoms with Gasteiger partial charge in [0.05, 0.1) is 18.9 Å². The number of aromatic nitrogens is 2. The second-order valence-electron chi connectivity index (χ2n) is 5.08. The van der Waals surface area contributed by atoms with Gasteiger partial charge in [-0.05, 0) is 24.6 Å². The molecule has 1 N–H and O–H groups in total. The molecule has 0 bridgehead atoms. The Bertz CT molecular complexity index is 700. The van der Waals surface area contributed by atoms with E-state index >= 15 is 0 Å². The number of carbonyl (C=O) groups is 1. The van der Waals surface area contributed by atoms with Crippen LogP contribution in [0.4, 0.5) is 0 Å². The Hall–Kier alpha value is -2.05. The summed E-state index contributed by atoms with van der Waals surface area (Å²) in [6.45, 7) is 2.08. The fraction of sp³-hybridized carbons (Fsp3) is 0.375. The van der Waals surface area contributed by atoms with Crippen molar-refractivity contribution in [1.82, 2.24) is 15.1 Å². The summed E-state index contributed by atoms with van der Waals surface area (Å²) in [5.41, 5.74) is 1.93. The van der Waals surface area contributed by atoms with Crippen LogP contribution >= 0.6 is 11.6 Å². The summed E-state index contributed by atoms with van der Waals surface area (Å²) in [6, 6.07) is 7.36. The highest BCUT2D eigenvalue weighted by Crippen LogP contribution is 2.22. The molecule has 0 saturated carbocycles. The minimum Gasteiger partial charge on any atom is -0.481 e. The summed E-state index contributed by atoms with van der Waals surface area (Å²) >= 11 is 6.00. The van der Waals surface area contributed by atoms with Gasteiger partial charge < -0.3 is 14.8 Å². The van der Waals surface area contributed by atoms with Gasteiger partial charge in [0.15, 0.2) is 0 Å². The van der Waals surface area contributed by atoms with Crippen LogP contribution in [-0.4, -0.2) is 36.5 Å². The van der Waals surface area contributed by atoms with Crippen molar-refractivity contribution in [3.8, 4) is 5.88 Å². The van der Waals surface area contributed by atoms with Crippen molar-refractivity contribution in [2.24, 2.45) is 7.05 Å². The van der Waals surface area contributed by atoms with Crippen molar-refractivity contribution < 1.29 is 14.3 Å². The molecule has 0 aliphatic rings. The second-order valence-corrected chi connectivity index (χ2v) is 5.52. The number of halogens is 1. The lowest BCUT2D eigenvalue weighted by Crippen LogP contribution is -2.29. The van der Waals surface area contributed by atoms with Crippen LogP contribution in [0.15, 0.2) is 24.3 Å². The van der Waals surface area contributed by atoms with Gasteiger partial charge in [0, 0.05) is 25.7 Å². The van der Waals surface area contributed by atoms with Gasteiger partial charge in [0.25, 0.3) is 5.91 Å². The molecule has 0 aliphatic carbocycles. The Labute approximate surface area is 140 Å². The van der Waals surface area contributed by atoms with Crippen molar-refractivity contribution in [2.45, 2.75) is 13.0 Å². The van der Waals surface area contributed by atoms with Gasteiger partial charge in [-0.2, -0.15) is 5.10 Å². The van der Waals surface area contributed by atoms with E-state index in [4.69, 9.17) is 21.1 Å². The summed E-state index contributed by atoms with van der Waals surface area (Å²) < 4.78 is 12.2. The van der Waals surface area contributed by atoms with Crippen LogP contribution in [0, 0.1) is 6.92 Å². The lowest BCUT2D eigenvalue weighted by molar-refractivity contribution is 0.0825. The monoisotopic (exact) mass is 337 g/mol. The first-order valence-corrected chi connectivity index (χ1v) is 7.49. The largest absolute Gasteiger partial charge is 0.481 e. The number of rotatable bonds is 6. The molecule has 124 valence electrons. The van der Waals surface area contributed by atoms with Gasteiger partial charge in [-0.25, -0.2) is 4.68 Å². The van der Waals surface area contributed by atoms with E-state index in [-0.39, 0.29) is 12.0 Å². The normalized spacial score (nSPS) is 12.0. The summed E-state index contributed by atoms with van der Waals surface area (Å²) in [4.78, 5) is 12.5. The highest BCUT2D eigenvalue weighted by atomic mass is 35.5. The summed E-state index contributed by atoms with van der Waals surface area (Å²) in [5.74, 6) is 0.174. The Kier molecular flexibility index (Phi) is 5.63. The number of amides is 1.